The van der Waals surface area contributed by atoms with Gasteiger partial charge in [0, 0.05) is 0 Å². The fourth-order valence-electron chi connectivity index (χ4n) is 0.211. The molecule has 0 fully saturated rings. The molecule has 0 saturated heterocycles. The third-order valence-electron chi connectivity index (χ3n) is 0.641. The second kappa shape index (κ2) is 3.20. The van der Waals surface area contributed by atoms with Crippen molar-refractivity contribution in [2.75, 3.05) is 0 Å². The molecule has 0 amide bonds. The van der Waals surface area contributed by atoms with Crippen LogP contribution in [0.5, 0.6) is 0 Å². The van der Waals surface area contributed by atoms with Crippen LogP contribution in [0.1, 0.15) is 0 Å². The summed E-state index contributed by atoms with van der Waals surface area (Å²) in [4.78, 5) is 0. The Morgan fingerprint density at radius 3 is 1.55 bits per heavy atom. The predicted octanol–water partition coefficient (Wildman–Crippen LogP) is 3.68. The van der Waals surface area contributed by atoms with Gasteiger partial charge in [-0.15, -0.1) is 0 Å². The maximum atomic E-state index is 11.9. The van der Waals surface area contributed by atoms with Gasteiger partial charge in [-0.3, -0.25) is 0 Å². The van der Waals surface area contributed by atoms with Crippen LogP contribution < -0.4 is 0 Å². The van der Waals surface area contributed by atoms with Gasteiger partial charge in [0.25, 0.3) is 0 Å². The van der Waals surface area contributed by atoms with Crippen LogP contribution in [0.2, 0.25) is 0 Å². The van der Waals surface area contributed by atoms with Crippen molar-refractivity contribution in [3.63, 3.8) is 0 Å². The summed E-state index contributed by atoms with van der Waals surface area (Å²) in [6, 6.07) is 0. The standard InChI is InChI=1S/C4H3F6I/c1-2-3(5,6)11(10)4(7,8)9/h2H,1H2. The Morgan fingerprint density at radius 1 is 1.09 bits per heavy atom. The van der Waals surface area contributed by atoms with Gasteiger partial charge in [-0.25, -0.2) is 0 Å². The molecule has 0 aliphatic rings. The van der Waals surface area contributed by atoms with Crippen LogP contribution in [0.15, 0.2) is 12.7 Å². The van der Waals surface area contributed by atoms with Gasteiger partial charge < -0.3 is 0 Å². The first-order chi connectivity index (χ1) is 4.72. The van der Waals surface area contributed by atoms with Crippen LogP contribution in [0.4, 0.5) is 24.8 Å². The van der Waals surface area contributed by atoms with Crippen LogP contribution in [-0.4, -0.2) is 8.11 Å². The van der Waals surface area contributed by atoms with Crippen molar-refractivity contribution in [2.45, 2.75) is 8.11 Å². The Balaban J connectivity index is 4.48. The predicted molar refractivity (Wildman–Crippen MR) is 36.3 cm³/mol. The van der Waals surface area contributed by atoms with Gasteiger partial charge in [0.2, 0.25) is 0 Å². The van der Waals surface area contributed by atoms with Gasteiger partial charge in [-0.2, -0.15) is 0 Å². The van der Waals surface area contributed by atoms with Gasteiger partial charge in [0.15, 0.2) is 0 Å². The molecule has 0 heterocycles. The molecule has 7 heteroatoms. The SMILES string of the molecule is C=CC(F)(F)I(F)C(F)(F)F. The van der Waals surface area contributed by atoms with Gasteiger partial charge in [0.1, 0.15) is 0 Å². The summed E-state index contributed by atoms with van der Waals surface area (Å²) >= 11 is -5.73. The number of halogens is 7. The van der Waals surface area contributed by atoms with Crippen LogP contribution in [-0.2, 0) is 0 Å². The van der Waals surface area contributed by atoms with E-state index in [0.29, 0.717) is 0 Å². The Bertz CT molecular complexity index is 149. The van der Waals surface area contributed by atoms with Gasteiger partial charge >= 0.3 is 66.0 Å². The second-order valence-electron chi connectivity index (χ2n) is 1.41. The van der Waals surface area contributed by atoms with Crippen LogP contribution >= 0.6 is 20.4 Å². The zero-order chi connectivity index (χ0) is 9.28. The minimum absolute atomic E-state index is 0.300. The summed E-state index contributed by atoms with van der Waals surface area (Å²) in [7, 11) is 0. The molecule has 0 saturated carbocycles. The summed E-state index contributed by atoms with van der Waals surface area (Å²) in [5, 5.41) is 0. The average Bonchev–Trinajstić information content (AvgIpc) is 1.84. The van der Waals surface area contributed by atoms with E-state index in [-0.39, 0.29) is 6.08 Å². The molecule has 0 aliphatic carbocycles. The fourth-order valence-corrected chi connectivity index (χ4v) is 1.41. The number of rotatable bonds is 2. The molecule has 0 nitrogen and oxygen atoms in total. The molecule has 0 atom stereocenters. The number of hydrogen-bond acceptors (Lipinski definition) is 0. The molecule has 0 spiro atoms. The summed E-state index contributed by atoms with van der Waals surface area (Å²) < 4.78 is 59.8. The molecule has 0 unspecified atom stereocenters. The third-order valence-corrected chi connectivity index (χ3v) is 3.42. The van der Waals surface area contributed by atoms with Crippen molar-refractivity contribution < 1.29 is 24.8 Å². The third kappa shape index (κ3) is 2.88. The van der Waals surface area contributed by atoms with E-state index in [1.165, 1.54) is 0 Å². The van der Waals surface area contributed by atoms with E-state index in [0.717, 1.165) is 0 Å². The Morgan fingerprint density at radius 2 is 1.45 bits per heavy atom. The van der Waals surface area contributed by atoms with Gasteiger partial charge in [-0.1, -0.05) is 0 Å². The van der Waals surface area contributed by atoms with E-state index in [1.54, 1.807) is 0 Å². The molecule has 0 aromatic heterocycles. The minimum atomic E-state index is -5.73. The molecular weight excluding hydrogens is 289 g/mol. The molecule has 0 radical (unpaired) electrons. The number of allylic oxidation sites excluding steroid dienone is 1. The van der Waals surface area contributed by atoms with E-state index >= 15 is 0 Å². The first-order valence-corrected chi connectivity index (χ1v) is 5.14. The van der Waals surface area contributed by atoms with Crippen molar-refractivity contribution in [3.05, 3.63) is 12.7 Å². The maximum absolute atomic E-state index is 11.9. The molecule has 11 heavy (non-hydrogen) atoms. The zero-order valence-electron chi connectivity index (χ0n) is 4.93. The van der Waals surface area contributed by atoms with E-state index in [4.69, 9.17) is 0 Å². The Labute approximate surface area is 66.4 Å². The topological polar surface area (TPSA) is 0 Å². The molecule has 68 valence electrons. The Kier molecular flexibility index (Phi) is 3.21. The number of hydrogen-bond donors (Lipinski definition) is 0. The quantitative estimate of drug-likeness (QED) is 0.315. The van der Waals surface area contributed by atoms with Crippen molar-refractivity contribution in [3.8, 4) is 0 Å². The van der Waals surface area contributed by atoms with Gasteiger partial charge in [0.05, 0.1) is 0 Å². The first-order valence-electron chi connectivity index (χ1n) is 2.16. The summed E-state index contributed by atoms with van der Waals surface area (Å²) in [6.07, 6.45) is -0.300. The van der Waals surface area contributed by atoms with Crippen molar-refractivity contribution in [1.82, 2.24) is 0 Å². The van der Waals surface area contributed by atoms with Crippen LogP contribution in [0.3, 0.4) is 0 Å². The molecule has 0 aromatic rings. The van der Waals surface area contributed by atoms with Gasteiger partial charge in [-0.05, 0) is 0 Å². The van der Waals surface area contributed by atoms with Crippen molar-refractivity contribution >= 4 is 20.4 Å². The molecular formula is C4H3F6I. The van der Waals surface area contributed by atoms with Crippen molar-refractivity contribution in [2.24, 2.45) is 0 Å². The molecule has 0 rings (SSSR count). The van der Waals surface area contributed by atoms with Crippen molar-refractivity contribution in [1.29, 1.82) is 0 Å². The molecule has 0 aromatic carbocycles. The average molecular weight is 292 g/mol. The van der Waals surface area contributed by atoms with E-state index < -0.39 is 28.5 Å². The van der Waals surface area contributed by atoms with E-state index in [1.807, 2.05) is 0 Å². The second-order valence-corrected chi connectivity index (χ2v) is 5.43. The fraction of sp³-hybridized carbons (Fsp3) is 0.500. The summed E-state index contributed by atoms with van der Waals surface area (Å²) in [6.45, 7) is 2.42. The number of alkyl halides is 7. The van der Waals surface area contributed by atoms with Crippen LogP contribution in [0, 0.1) is 0 Å². The monoisotopic (exact) mass is 292 g/mol. The van der Waals surface area contributed by atoms with E-state index in [9.17, 15) is 24.8 Å². The normalized spacial score (nSPS) is 14.5. The summed E-state index contributed by atoms with van der Waals surface area (Å²) in [5.74, 6) is 0. The van der Waals surface area contributed by atoms with Crippen LogP contribution in [0.25, 0.3) is 0 Å². The Hall–Kier alpha value is 0.0500. The first kappa shape index (κ1) is 11.1. The van der Waals surface area contributed by atoms with E-state index in [2.05, 4.69) is 6.58 Å². The molecule has 0 N–H and O–H groups in total. The zero-order valence-corrected chi connectivity index (χ0v) is 7.09. The molecule has 0 bridgehead atoms. The summed E-state index contributed by atoms with van der Waals surface area (Å²) in [5.41, 5.74) is 0. The molecule has 0 aliphatic heterocycles.